The molecule has 4 amide bonds. The molecule has 3 heterocycles. The van der Waals surface area contributed by atoms with Crippen molar-refractivity contribution in [2.75, 3.05) is 44.2 Å². The Hall–Kier alpha value is -2.81. The number of nitrogens with zero attached hydrogens (tertiary/aromatic N) is 3. The lowest BCUT2D eigenvalue weighted by molar-refractivity contribution is -0.132. The van der Waals surface area contributed by atoms with Gasteiger partial charge < -0.3 is 25.8 Å². The molecule has 3 N–H and O–H groups in total. The van der Waals surface area contributed by atoms with E-state index in [1.807, 2.05) is 36.9 Å². The SMILES string of the molecule is CC(C)NC(=O)NC1CC2C(=O)NCC(CCC(=O)N3CCN(c4ccccc4)CC3)N2C1. The molecule has 1 aromatic rings. The van der Waals surface area contributed by atoms with Crippen LogP contribution >= 0.6 is 0 Å². The van der Waals surface area contributed by atoms with Crippen LogP contribution < -0.4 is 20.9 Å². The van der Waals surface area contributed by atoms with Crippen LogP contribution in [-0.4, -0.2) is 91.1 Å². The summed E-state index contributed by atoms with van der Waals surface area (Å²) in [6, 6.07) is 9.98. The zero-order valence-corrected chi connectivity index (χ0v) is 19.6. The van der Waals surface area contributed by atoms with E-state index in [0.717, 1.165) is 26.2 Å². The summed E-state index contributed by atoms with van der Waals surface area (Å²) in [6.45, 7) is 8.17. The Bertz CT molecular complexity index is 840. The number of benzene rings is 1. The van der Waals surface area contributed by atoms with Crippen LogP contribution in [0.15, 0.2) is 30.3 Å². The predicted molar refractivity (Wildman–Crippen MR) is 127 cm³/mol. The number of hydrogen-bond acceptors (Lipinski definition) is 5. The van der Waals surface area contributed by atoms with Crippen LogP contribution in [0.25, 0.3) is 0 Å². The molecule has 3 unspecified atom stereocenters. The Morgan fingerprint density at radius 2 is 1.85 bits per heavy atom. The molecule has 3 saturated heterocycles. The van der Waals surface area contributed by atoms with Crippen LogP contribution in [0.1, 0.15) is 33.1 Å². The summed E-state index contributed by atoms with van der Waals surface area (Å²) in [5.41, 5.74) is 1.20. The average molecular weight is 457 g/mol. The summed E-state index contributed by atoms with van der Waals surface area (Å²) >= 11 is 0. The lowest BCUT2D eigenvalue weighted by Crippen LogP contribution is -2.58. The van der Waals surface area contributed by atoms with Gasteiger partial charge in [-0.05, 0) is 38.8 Å². The molecule has 1 aromatic carbocycles. The minimum absolute atomic E-state index is 0.0168. The van der Waals surface area contributed by atoms with Crippen molar-refractivity contribution in [1.82, 2.24) is 25.8 Å². The molecular formula is C24H36N6O3. The monoisotopic (exact) mass is 456 g/mol. The molecular weight excluding hydrogens is 420 g/mol. The Morgan fingerprint density at radius 1 is 1.12 bits per heavy atom. The van der Waals surface area contributed by atoms with Crippen molar-refractivity contribution < 1.29 is 14.4 Å². The fraction of sp³-hybridized carbons (Fsp3) is 0.625. The maximum absolute atomic E-state index is 12.9. The number of nitrogens with one attached hydrogen (secondary N) is 3. The number of anilines is 1. The van der Waals surface area contributed by atoms with E-state index in [9.17, 15) is 14.4 Å². The third-order valence-corrected chi connectivity index (χ3v) is 6.82. The van der Waals surface area contributed by atoms with E-state index in [2.05, 4.69) is 37.9 Å². The van der Waals surface area contributed by atoms with Gasteiger partial charge >= 0.3 is 6.03 Å². The van der Waals surface area contributed by atoms with E-state index >= 15 is 0 Å². The highest BCUT2D eigenvalue weighted by Gasteiger charge is 2.43. The second kappa shape index (κ2) is 10.4. The average Bonchev–Trinajstić information content (AvgIpc) is 3.23. The van der Waals surface area contributed by atoms with Crippen molar-refractivity contribution in [3.8, 4) is 0 Å². The van der Waals surface area contributed by atoms with E-state index in [1.54, 1.807) is 0 Å². The van der Waals surface area contributed by atoms with Crippen molar-refractivity contribution in [3.05, 3.63) is 30.3 Å². The topological polar surface area (TPSA) is 97.0 Å². The molecule has 180 valence electrons. The van der Waals surface area contributed by atoms with Gasteiger partial charge in [0, 0.05) is 69.5 Å². The maximum Gasteiger partial charge on any atom is 0.315 e. The second-order valence-electron chi connectivity index (χ2n) is 9.56. The van der Waals surface area contributed by atoms with E-state index in [-0.39, 0.29) is 42.0 Å². The largest absolute Gasteiger partial charge is 0.368 e. The fourth-order valence-electron chi connectivity index (χ4n) is 5.14. The zero-order chi connectivity index (χ0) is 23.4. The van der Waals surface area contributed by atoms with Gasteiger partial charge in [0.2, 0.25) is 11.8 Å². The number of hydrogen-bond donors (Lipinski definition) is 3. The van der Waals surface area contributed by atoms with E-state index < -0.39 is 0 Å². The Balaban J connectivity index is 1.25. The van der Waals surface area contributed by atoms with Crippen LogP contribution in [-0.2, 0) is 9.59 Å². The van der Waals surface area contributed by atoms with Gasteiger partial charge in [0.15, 0.2) is 0 Å². The number of carbonyl (C=O) groups is 3. The first-order chi connectivity index (χ1) is 15.9. The van der Waals surface area contributed by atoms with Gasteiger partial charge in [0.1, 0.15) is 0 Å². The van der Waals surface area contributed by atoms with Crippen LogP contribution in [0.5, 0.6) is 0 Å². The minimum atomic E-state index is -0.238. The van der Waals surface area contributed by atoms with Gasteiger partial charge in [-0.1, -0.05) is 18.2 Å². The highest BCUT2D eigenvalue weighted by molar-refractivity contribution is 5.83. The van der Waals surface area contributed by atoms with Crippen molar-refractivity contribution in [1.29, 1.82) is 0 Å². The van der Waals surface area contributed by atoms with Crippen molar-refractivity contribution in [2.24, 2.45) is 0 Å². The first-order valence-corrected chi connectivity index (χ1v) is 12.1. The van der Waals surface area contributed by atoms with Crippen LogP contribution in [0, 0.1) is 0 Å². The standard InChI is InChI=1S/C24H36N6O3/c1-17(2)26-24(33)27-18-14-21-23(32)25-15-20(30(21)16-18)8-9-22(31)29-12-10-28(11-13-29)19-6-4-3-5-7-19/h3-7,17-18,20-21H,8-16H2,1-2H3,(H,25,32)(H2,26,27,33). The van der Waals surface area contributed by atoms with Crippen LogP contribution in [0.3, 0.4) is 0 Å². The van der Waals surface area contributed by atoms with Crippen LogP contribution in [0.4, 0.5) is 10.5 Å². The Kier molecular flexibility index (Phi) is 7.37. The number of fused-ring (bicyclic) bond motifs is 1. The van der Waals surface area contributed by atoms with Gasteiger partial charge in [-0.3, -0.25) is 14.5 Å². The van der Waals surface area contributed by atoms with E-state index in [0.29, 0.717) is 32.4 Å². The molecule has 4 rings (SSSR count). The van der Waals surface area contributed by atoms with Gasteiger partial charge in [0.05, 0.1) is 6.04 Å². The summed E-state index contributed by atoms with van der Waals surface area (Å²) in [5, 5.41) is 8.83. The smallest absolute Gasteiger partial charge is 0.315 e. The third-order valence-electron chi connectivity index (χ3n) is 6.82. The molecule has 0 spiro atoms. The molecule has 0 aliphatic carbocycles. The predicted octanol–water partition coefficient (Wildman–Crippen LogP) is 0.764. The number of rotatable bonds is 6. The molecule has 0 bridgehead atoms. The maximum atomic E-state index is 12.9. The third kappa shape index (κ3) is 5.76. The molecule has 0 radical (unpaired) electrons. The Morgan fingerprint density at radius 3 is 2.55 bits per heavy atom. The van der Waals surface area contributed by atoms with Crippen molar-refractivity contribution in [3.63, 3.8) is 0 Å². The quantitative estimate of drug-likeness (QED) is 0.588. The molecule has 0 saturated carbocycles. The van der Waals surface area contributed by atoms with Crippen molar-refractivity contribution >= 4 is 23.5 Å². The van der Waals surface area contributed by atoms with E-state index in [1.165, 1.54) is 5.69 Å². The highest BCUT2D eigenvalue weighted by Crippen LogP contribution is 2.26. The van der Waals surface area contributed by atoms with Crippen molar-refractivity contribution in [2.45, 2.75) is 57.3 Å². The molecule has 9 nitrogen and oxygen atoms in total. The number of urea groups is 1. The molecule has 3 atom stereocenters. The zero-order valence-electron chi connectivity index (χ0n) is 19.6. The summed E-state index contributed by atoms with van der Waals surface area (Å²) in [7, 11) is 0. The minimum Gasteiger partial charge on any atom is -0.368 e. The number of carbonyl (C=O) groups excluding carboxylic acids is 3. The molecule has 0 aromatic heterocycles. The first-order valence-electron chi connectivity index (χ1n) is 12.1. The lowest BCUT2D eigenvalue weighted by Gasteiger charge is -2.38. The second-order valence-corrected chi connectivity index (χ2v) is 9.56. The lowest BCUT2D eigenvalue weighted by atomic mass is 10.0. The number of amides is 4. The summed E-state index contributed by atoms with van der Waals surface area (Å²) in [4.78, 5) is 43.8. The molecule has 3 aliphatic heterocycles. The molecule has 9 heteroatoms. The van der Waals surface area contributed by atoms with Gasteiger partial charge in [0.25, 0.3) is 0 Å². The number of piperazine rings is 2. The fourth-order valence-corrected chi connectivity index (χ4v) is 5.14. The van der Waals surface area contributed by atoms with E-state index in [4.69, 9.17) is 0 Å². The highest BCUT2D eigenvalue weighted by atomic mass is 16.2. The molecule has 33 heavy (non-hydrogen) atoms. The summed E-state index contributed by atoms with van der Waals surface area (Å²) in [5.74, 6) is 0.199. The summed E-state index contributed by atoms with van der Waals surface area (Å²) < 4.78 is 0. The van der Waals surface area contributed by atoms with Gasteiger partial charge in [-0.2, -0.15) is 0 Å². The molecule has 3 aliphatic rings. The Labute approximate surface area is 195 Å². The van der Waals surface area contributed by atoms with Gasteiger partial charge in [-0.25, -0.2) is 4.79 Å². The first kappa shape index (κ1) is 23.4. The number of para-hydroxylation sites is 1. The van der Waals surface area contributed by atoms with Gasteiger partial charge in [-0.15, -0.1) is 0 Å². The summed E-state index contributed by atoms with van der Waals surface area (Å²) in [6.07, 6.45) is 1.78. The van der Waals surface area contributed by atoms with Crippen LogP contribution in [0.2, 0.25) is 0 Å². The normalized spacial score (nSPS) is 25.5. The molecule has 3 fully saturated rings.